The first-order chi connectivity index (χ1) is 16.8. The maximum Gasteiger partial charge on any atom is 0.259 e. The first kappa shape index (κ1) is 24.1. The summed E-state index contributed by atoms with van der Waals surface area (Å²) < 4.78 is 13.9. The predicted octanol–water partition coefficient (Wildman–Crippen LogP) is 2.09. The third kappa shape index (κ3) is 5.91. The zero-order valence-corrected chi connectivity index (χ0v) is 19.2. The molecule has 1 aromatic heterocycles. The number of nitrogens with zero attached hydrogens (tertiary/aromatic N) is 3. The average molecular weight is 470 g/mol. The molecule has 0 atom stereocenters. The second kappa shape index (κ2) is 10.5. The molecular formula is C25H24BFN6O2. The number of halogens is 1. The Morgan fingerprint density at radius 1 is 0.943 bits per heavy atom. The summed E-state index contributed by atoms with van der Waals surface area (Å²) in [5.74, 6) is -1.06. The molecule has 3 aromatic rings. The Balaban J connectivity index is 1.46. The lowest BCUT2D eigenvalue weighted by Gasteiger charge is -2.34. The van der Waals surface area contributed by atoms with Crippen molar-refractivity contribution in [1.29, 1.82) is 5.41 Å². The monoisotopic (exact) mass is 470 g/mol. The molecule has 4 rings (SSSR count). The van der Waals surface area contributed by atoms with E-state index >= 15 is 0 Å². The van der Waals surface area contributed by atoms with Crippen molar-refractivity contribution in [2.75, 3.05) is 43.9 Å². The van der Waals surface area contributed by atoms with E-state index in [1.54, 1.807) is 30.3 Å². The molecule has 0 spiro atoms. The van der Waals surface area contributed by atoms with Gasteiger partial charge in [0.25, 0.3) is 11.8 Å². The fraction of sp³-hybridized carbons (Fsp3) is 0.200. The summed E-state index contributed by atoms with van der Waals surface area (Å²) in [4.78, 5) is 33.8. The summed E-state index contributed by atoms with van der Waals surface area (Å²) in [6.45, 7) is 3.34. The van der Waals surface area contributed by atoms with Crippen molar-refractivity contribution in [3.63, 3.8) is 0 Å². The third-order valence-corrected chi connectivity index (χ3v) is 5.74. The van der Waals surface area contributed by atoms with Crippen LogP contribution in [0.1, 0.15) is 26.3 Å². The maximum atomic E-state index is 13.9. The number of carbonyl (C=O) groups excluding carboxylic acids is 2. The first-order valence-electron chi connectivity index (χ1n) is 11.1. The van der Waals surface area contributed by atoms with E-state index in [4.69, 9.17) is 13.3 Å². The lowest BCUT2D eigenvalue weighted by molar-refractivity contribution is 0.102. The first-order valence-corrected chi connectivity index (χ1v) is 11.1. The maximum absolute atomic E-state index is 13.9. The van der Waals surface area contributed by atoms with E-state index in [2.05, 4.69) is 27.6 Å². The van der Waals surface area contributed by atoms with Crippen LogP contribution < -0.4 is 16.1 Å². The van der Waals surface area contributed by atoms with Gasteiger partial charge in [0.15, 0.2) is 0 Å². The molecular weight excluding hydrogens is 446 g/mol. The summed E-state index contributed by atoms with van der Waals surface area (Å²) in [5, 5.41) is 13.7. The topological polar surface area (TPSA) is 101 Å². The van der Waals surface area contributed by atoms with Crippen LogP contribution in [0.15, 0.2) is 60.8 Å². The Hall–Kier alpha value is -4.05. The molecule has 1 aliphatic heterocycles. The van der Waals surface area contributed by atoms with Crippen LogP contribution in [-0.2, 0) is 0 Å². The standard InChI is InChI=1S/C25H24BFN6O2/c1-32-10-12-33(13-11-32)23(28)16-2-4-17(5-3-16)24(34)30-21-8-7-19(27)14-20(21)25(35)31-22-9-6-18(26)15-29-22/h2-9,14-15,28H,10-13H2,1H3,(H,30,34)(H,29,31,35). The molecule has 2 amide bonds. The minimum absolute atomic E-state index is 0.0505. The highest BCUT2D eigenvalue weighted by molar-refractivity contribution is 6.32. The molecule has 2 aromatic carbocycles. The van der Waals surface area contributed by atoms with E-state index in [0.29, 0.717) is 22.4 Å². The average Bonchev–Trinajstić information content (AvgIpc) is 2.86. The van der Waals surface area contributed by atoms with E-state index < -0.39 is 17.6 Å². The van der Waals surface area contributed by atoms with Crippen LogP contribution in [0.5, 0.6) is 0 Å². The van der Waals surface area contributed by atoms with Gasteiger partial charge >= 0.3 is 0 Å². The minimum Gasteiger partial charge on any atom is -0.354 e. The smallest absolute Gasteiger partial charge is 0.259 e. The van der Waals surface area contributed by atoms with Gasteiger partial charge in [0, 0.05) is 43.5 Å². The van der Waals surface area contributed by atoms with Gasteiger partial charge in [0.2, 0.25) is 0 Å². The van der Waals surface area contributed by atoms with Crippen LogP contribution in [0.25, 0.3) is 0 Å². The zero-order chi connectivity index (χ0) is 24.9. The van der Waals surface area contributed by atoms with Gasteiger partial charge in [-0.25, -0.2) is 9.37 Å². The molecule has 0 saturated carbocycles. The Morgan fingerprint density at radius 2 is 1.63 bits per heavy atom. The van der Waals surface area contributed by atoms with Gasteiger partial charge in [-0.15, -0.1) is 0 Å². The number of hydrogen-bond acceptors (Lipinski definition) is 5. The van der Waals surface area contributed by atoms with Gasteiger partial charge < -0.3 is 20.4 Å². The second-order valence-corrected chi connectivity index (χ2v) is 8.29. The molecule has 3 N–H and O–H groups in total. The van der Waals surface area contributed by atoms with E-state index in [-0.39, 0.29) is 17.1 Å². The Morgan fingerprint density at radius 3 is 2.29 bits per heavy atom. The van der Waals surface area contributed by atoms with Crippen LogP contribution >= 0.6 is 0 Å². The second-order valence-electron chi connectivity index (χ2n) is 8.29. The molecule has 2 radical (unpaired) electrons. The van der Waals surface area contributed by atoms with Gasteiger partial charge in [0.1, 0.15) is 25.3 Å². The van der Waals surface area contributed by atoms with Crippen molar-refractivity contribution >= 4 is 42.5 Å². The molecule has 10 heteroatoms. The quantitative estimate of drug-likeness (QED) is 0.301. The lowest BCUT2D eigenvalue weighted by Crippen LogP contribution is -2.47. The van der Waals surface area contributed by atoms with Crippen LogP contribution in [0.2, 0.25) is 0 Å². The molecule has 1 saturated heterocycles. The highest BCUT2D eigenvalue weighted by atomic mass is 19.1. The lowest BCUT2D eigenvalue weighted by atomic mass is 9.99. The number of hydrogen-bond donors (Lipinski definition) is 3. The number of anilines is 2. The molecule has 1 aliphatic rings. The highest BCUT2D eigenvalue weighted by Crippen LogP contribution is 2.20. The summed E-state index contributed by atoms with van der Waals surface area (Å²) >= 11 is 0. The number of aromatic nitrogens is 1. The summed E-state index contributed by atoms with van der Waals surface area (Å²) in [6.07, 6.45) is 1.39. The number of nitrogens with one attached hydrogen (secondary N) is 3. The van der Waals surface area contributed by atoms with Crippen LogP contribution in [0, 0.1) is 11.2 Å². The van der Waals surface area contributed by atoms with Crippen molar-refractivity contribution in [3.05, 3.63) is 83.3 Å². The number of rotatable bonds is 5. The zero-order valence-electron chi connectivity index (χ0n) is 19.2. The number of benzene rings is 2. The number of carbonyl (C=O) groups is 2. The van der Waals surface area contributed by atoms with Gasteiger partial charge in [0.05, 0.1) is 11.3 Å². The van der Waals surface area contributed by atoms with Gasteiger partial charge in [-0.2, -0.15) is 0 Å². The Labute approximate surface area is 204 Å². The van der Waals surface area contributed by atoms with Crippen molar-refractivity contribution in [3.8, 4) is 0 Å². The highest BCUT2D eigenvalue weighted by Gasteiger charge is 2.19. The third-order valence-electron chi connectivity index (χ3n) is 5.74. The molecule has 1 fully saturated rings. The van der Waals surface area contributed by atoms with Crippen molar-refractivity contribution in [2.24, 2.45) is 0 Å². The number of likely N-dealkylation sites (N-methyl/N-ethyl adjacent to an activating group) is 1. The Bertz CT molecular complexity index is 1240. The summed E-state index contributed by atoms with van der Waals surface area (Å²) in [6, 6.07) is 13.3. The SMILES string of the molecule is [B]c1ccc(NC(=O)c2cc(F)ccc2NC(=O)c2ccc(C(=N)N3CCN(C)CC3)cc2)nc1. The molecule has 2 heterocycles. The van der Waals surface area contributed by atoms with E-state index in [0.717, 1.165) is 38.3 Å². The molecule has 0 bridgehead atoms. The predicted molar refractivity (Wildman–Crippen MR) is 134 cm³/mol. The fourth-order valence-corrected chi connectivity index (χ4v) is 3.66. The summed E-state index contributed by atoms with van der Waals surface area (Å²) in [7, 11) is 7.66. The number of amidine groups is 1. The van der Waals surface area contributed by atoms with Crippen LogP contribution in [0.4, 0.5) is 15.9 Å². The number of pyridine rings is 1. The van der Waals surface area contributed by atoms with E-state index in [9.17, 15) is 14.0 Å². The molecule has 8 nitrogen and oxygen atoms in total. The molecule has 0 unspecified atom stereocenters. The molecule has 35 heavy (non-hydrogen) atoms. The normalized spacial score (nSPS) is 13.8. The van der Waals surface area contributed by atoms with Crippen molar-refractivity contribution in [2.45, 2.75) is 0 Å². The Kier molecular flexibility index (Phi) is 7.21. The van der Waals surface area contributed by atoms with Crippen LogP contribution in [0.3, 0.4) is 0 Å². The van der Waals surface area contributed by atoms with E-state index in [1.807, 2.05) is 4.90 Å². The van der Waals surface area contributed by atoms with Crippen LogP contribution in [-0.4, -0.2) is 73.5 Å². The largest absolute Gasteiger partial charge is 0.354 e. The van der Waals surface area contributed by atoms with Gasteiger partial charge in [-0.05, 0) is 43.4 Å². The van der Waals surface area contributed by atoms with Crippen molar-refractivity contribution in [1.82, 2.24) is 14.8 Å². The van der Waals surface area contributed by atoms with Crippen molar-refractivity contribution < 1.29 is 14.0 Å². The fourth-order valence-electron chi connectivity index (χ4n) is 3.66. The molecule has 176 valence electrons. The minimum atomic E-state index is -0.631. The van der Waals surface area contributed by atoms with E-state index in [1.165, 1.54) is 18.3 Å². The number of amides is 2. The van der Waals surface area contributed by atoms with Gasteiger partial charge in [-0.3, -0.25) is 15.0 Å². The van der Waals surface area contributed by atoms with Gasteiger partial charge in [-0.1, -0.05) is 23.7 Å². The number of piperazine rings is 1. The summed E-state index contributed by atoms with van der Waals surface area (Å²) in [5.41, 5.74) is 1.59. The molecule has 0 aliphatic carbocycles.